The Labute approximate surface area is 189 Å². The molecule has 2 N–H and O–H groups in total. The summed E-state index contributed by atoms with van der Waals surface area (Å²) in [4.78, 5) is 6.62. The van der Waals surface area contributed by atoms with Crippen LogP contribution in [0.15, 0.2) is 53.5 Å². The summed E-state index contributed by atoms with van der Waals surface area (Å²) in [6, 6.07) is 15.7. The molecular weight excluding hydrogens is 434 g/mol. The van der Waals surface area contributed by atoms with Gasteiger partial charge in [-0.2, -0.15) is 0 Å². The van der Waals surface area contributed by atoms with Crippen LogP contribution in [0.5, 0.6) is 0 Å². The molecule has 166 valence electrons. The maximum atomic E-state index is 12.7. The van der Waals surface area contributed by atoms with Gasteiger partial charge < -0.3 is 10.6 Å². The van der Waals surface area contributed by atoms with E-state index in [2.05, 4.69) is 10.6 Å². The Morgan fingerprint density at radius 2 is 1.90 bits per heavy atom. The number of hydrogen-bond acceptors (Lipinski definition) is 6. The fraction of sp³-hybridized carbons (Fsp3) is 0.409. The zero-order valence-electron chi connectivity index (χ0n) is 17.8. The minimum atomic E-state index is -3.32. The molecule has 0 aromatic heterocycles. The van der Waals surface area contributed by atoms with Crippen LogP contribution in [0.3, 0.4) is 0 Å². The maximum Gasteiger partial charge on any atom is 0.227 e. The van der Waals surface area contributed by atoms with Crippen molar-refractivity contribution in [1.82, 2.24) is 14.5 Å². The van der Waals surface area contributed by atoms with E-state index in [1.165, 1.54) is 0 Å². The Morgan fingerprint density at radius 1 is 1.16 bits per heavy atom. The monoisotopic (exact) mass is 461 g/mol. The fourth-order valence-electron chi connectivity index (χ4n) is 4.18. The van der Waals surface area contributed by atoms with Gasteiger partial charge in [-0.1, -0.05) is 35.9 Å². The first-order valence-corrected chi connectivity index (χ1v) is 12.3. The van der Waals surface area contributed by atoms with Crippen LogP contribution >= 0.6 is 11.6 Å². The molecule has 1 saturated heterocycles. The van der Waals surface area contributed by atoms with Gasteiger partial charge in [-0.3, -0.25) is 4.90 Å². The molecule has 7 nitrogen and oxygen atoms in total. The second kappa shape index (κ2) is 8.78. The molecule has 4 rings (SSSR count). The third-order valence-corrected chi connectivity index (χ3v) is 7.93. The van der Waals surface area contributed by atoms with Gasteiger partial charge >= 0.3 is 0 Å². The number of piperidine rings is 1. The van der Waals surface area contributed by atoms with Crippen molar-refractivity contribution in [2.45, 2.75) is 24.9 Å². The number of sulfonamides is 1. The predicted octanol–water partition coefficient (Wildman–Crippen LogP) is 3.27. The number of hydrogen-bond donors (Lipinski definition) is 2. The summed E-state index contributed by atoms with van der Waals surface area (Å²) in [6.45, 7) is 1.49. The van der Waals surface area contributed by atoms with Crippen molar-refractivity contribution >= 4 is 38.8 Å². The molecule has 0 atom stereocenters. The maximum absolute atomic E-state index is 12.7. The average molecular weight is 462 g/mol. The van der Waals surface area contributed by atoms with Gasteiger partial charge in [0.25, 0.3) is 0 Å². The Hall–Kier alpha value is -2.13. The van der Waals surface area contributed by atoms with Crippen LogP contribution in [0.1, 0.15) is 18.4 Å². The SMILES string of the molecule is CN(C)CS(=O)(=O)N1CCC2(CC1)Nc1ccccc1N=C2NCc1cccc(Cl)c1. The van der Waals surface area contributed by atoms with Crippen LogP contribution in [0.4, 0.5) is 11.4 Å². The van der Waals surface area contributed by atoms with Gasteiger partial charge in [0.05, 0.1) is 16.9 Å². The number of aliphatic imine (C=N–C) groups is 1. The molecule has 0 unspecified atom stereocenters. The lowest BCUT2D eigenvalue weighted by Gasteiger charge is -2.45. The van der Waals surface area contributed by atoms with Crippen LogP contribution in [-0.4, -0.2) is 62.1 Å². The quantitative estimate of drug-likeness (QED) is 0.714. The summed E-state index contributed by atoms with van der Waals surface area (Å²) in [5.74, 6) is 0.861. The molecule has 0 aliphatic carbocycles. The zero-order valence-corrected chi connectivity index (χ0v) is 19.4. The summed E-state index contributed by atoms with van der Waals surface area (Å²) >= 11 is 6.13. The van der Waals surface area contributed by atoms with Gasteiger partial charge in [-0.05, 0) is 56.8 Å². The van der Waals surface area contributed by atoms with E-state index in [0.29, 0.717) is 37.5 Å². The lowest BCUT2D eigenvalue weighted by molar-refractivity contribution is 0.291. The van der Waals surface area contributed by atoms with Crippen molar-refractivity contribution in [3.8, 4) is 0 Å². The Bertz CT molecular complexity index is 1080. The number of fused-ring (bicyclic) bond motifs is 1. The molecule has 2 heterocycles. The van der Waals surface area contributed by atoms with Crippen molar-refractivity contribution in [3.05, 3.63) is 59.1 Å². The summed E-state index contributed by atoms with van der Waals surface area (Å²) in [7, 11) is 0.223. The summed E-state index contributed by atoms with van der Waals surface area (Å²) < 4.78 is 27.0. The van der Waals surface area contributed by atoms with Crippen LogP contribution in [-0.2, 0) is 16.6 Å². The fourth-order valence-corrected chi connectivity index (χ4v) is 5.95. The minimum Gasteiger partial charge on any atom is -0.371 e. The molecule has 1 fully saturated rings. The second-order valence-electron chi connectivity index (χ2n) is 8.39. The number of halogens is 1. The van der Waals surface area contributed by atoms with Gasteiger partial charge in [0.1, 0.15) is 11.7 Å². The molecule has 9 heteroatoms. The number of para-hydroxylation sites is 2. The molecule has 1 spiro atoms. The van der Waals surface area contributed by atoms with Crippen molar-refractivity contribution in [2.24, 2.45) is 4.99 Å². The molecule has 0 amide bonds. The molecule has 2 aromatic rings. The number of anilines is 1. The van der Waals surface area contributed by atoms with E-state index in [9.17, 15) is 8.42 Å². The number of nitrogens with zero attached hydrogens (tertiary/aromatic N) is 3. The normalized spacial score (nSPS) is 18.4. The first-order valence-electron chi connectivity index (χ1n) is 10.3. The molecule has 0 saturated carbocycles. The summed E-state index contributed by atoms with van der Waals surface area (Å²) in [5, 5.41) is 7.87. The first kappa shape index (κ1) is 22.1. The highest BCUT2D eigenvalue weighted by Gasteiger charge is 2.44. The Morgan fingerprint density at radius 3 is 2.61 bits per heavy atom. The van der Waals surface area contributed by atoms with Crippen LogP contribution in [0.25, 0.3) is 0 Å². The number of rotatable bonds is 5. The lowest BCUT2D eigenvalue weighted by atomic mass is 9.85. The molecule has 2 aliphatic heterocycles. The highest BCUT2D eigenvalue weighted by Crippen LogP contribution is 2.38. The number of amidine groups is 1. The highest BCUT2D eigenvalue weighted by atomic mass is 35.5. The van der Waals surface area contributed by atoms with Gasteiger partial charge in [0.15, 0.2) is 0 Å². The van der Waals surface area contributed by atoms with Gasteiger partial charge in [0.2, 0.25) is 10.0 Å². The zero-order chi connectivity index (χ0) is 22.1. The van der Waals surface area contributed by atoms with E-state index < -0.39 is 15.6 Å². The second-order valence-corrected chi connectivity index (χ2v) is 10.8. The van der Waals surface area contributed by atoms with E-state index >= 15 is 0 Å². The summed E-state index contributed by atoms with van der Waals surface area (Å²) in [5.41, 5.74) is 2.48. The topological polar surface area (TPSA) is 77.0 Å². The lowest BCUT2D eigenvalue weighted by Crippen LogP contribution is -2.60. The molecule has 31 heavy (non-hydrogen) atoms. The van der Waals surface area contributed by atoms with E-state index in [-0.39, 0.29) is 5.88 Å². The van der Waals surface area contributed by atoms with Gasteiger partial charge in [-0.25, -0.2) is 17.7 Å². The van der Waals surface area contributed by atoms with Crippen LogP contribution in [0, 0.1) is 0 Å². The summed E-state index contributed by atoms with van der Waals surface area (Å²) in [6.07, 6.45) is 1.27. The van der Waals surface area contributed by atoms with E-state index in [4.69, 9.17) is 16.6 Å². The van der Waals surface area contributed by atoms with Crippen LogP contribution < -0.4 is 10.6 Å². The van der Waals surface area contributed by atoms with Crippen LogP contribution in [0.2, 0.25) is 5.02 Å². The highest BCUT2D eigenvalue weighted by molar-refractivity contribution is 7.89. The van der Waals surface area contributed by atoms with E-state index in [1.54, 1.807) is 23.3 Å². The van der Waals surface area contributed by atoms with Crippen molar-refractivity contribution in [2.75, 3.05) is 38.4 Å². The molecule has 2 aliphatic rings. The first-order chi connectivity index (χ1) is 14.8. The number of nitrogens with one attached hydrogen (secondary N) is 2. The molecule has 0 radical (unpaired) electrons. The number of benzene rings is 2. The smallest absolute Gasteiger partial charge is 0.227 e. The molecule has 0 bridgehead atoms. The van der Waals surface area contributed by atoms with Crippen molar-refractivity contribution in [3.63, 3.8) is 0 Å². The van der Waals surface area contributed by atoms with Gasteiger partial charge in [-0.15, -0.1) is 0 Å². The Kier molecular flexibility index (Phi) is 6.25. The van der Waals surface area contributed by atoms with Gasteiger partial charge in [0, 0.05) is 24.7 Å². The van der Waals surface area contributed by atoms with Crippen molar-refractivity contribution < 1.29 is 8.42 Å². The molecular formula is C22H28ClN5O2S. The standard InChI is InChI=1S/C22H28ClN5O2S/c1-27(2)16-31(29,30)28-12-10-22(11-13-28)21(24-15-17-6-5-7-18(23)14-17)25-19-8-3-4-9-20(19)26-22/h3-9,14,26H,10-13,15-16H2,1-2H3,(H,24,25). The van der Waals surface area contributed by atoms with E-state index in [1.807, 2.05) is 48.5 Å². The third kappa shape index (κ3) is 4.87. The predicted molar refractivity (Wildman–Crippen MR) is 126 cm³/mol. The Balaban J connectivity index is 1.57. The third-order valence-electron chi connectivity index (χ3n) is 5.70. The van der Waals surface area contributed by atoms with E-state index in [0.717, 1.165) is 22.8 Å². The minimum absolute atomic E-state index is 0.0181. The average Bonchev–Trinajstić information content (AvgIpc) is 2.72. The molecule has 2 aromatic carbocycles. The largest absolute Gasteiger partial charge is 0.371 e. The van der Waals surface area contributed by atoms with Crippen molar-refractivity contribution in [1.29, 1.82) is 0 Å².